The van der Waals surface area contributed by atoms with Gasteiger partial charge in [0.15, 0.2) is 4.90 Å². The number of aliphatic hydroxyl groups is 1. The Morgan fingerprint density at radius 3 is 2.70 bits per heavy atom. The van der Waals surface area contributed by atoms with Gasteiger partial charge in [-0.25, -0.2) is 13.2 Å². The van der Waals surface area contributed by atoms with Crippen LogP contribution in [0.1, 0.15) is 6.42 Å². The first-order valence-electron chi connectivity index (χ1n) is 8.82. The van der Waals surface area contributed by atoms with Crippen LogP contribution in [0.3, 0.4) is 0 Å². The molecule has 0 spiro atoms. The van der Waals surface area contributed by atoms with Gasteiger partial charge in [0.05, 0.1) is 13.2 Å². The van der Waals surface area contributed by atoms with Crippen LogP contribution in [0.5, 0.6) is 0 Å². The van der Waals surface area contributed by atoms with Gasteiger partial charge in [-0.3, -0.25) is 9.36 Å². The lowest BCUT2D eigenvalue weighted by molar-refractivity contribution is 0.108. The third kappa shape index (κ3) is 5.05. The van der Waals surface area contributed by atoms with Crippen LogP contribution < -0.4 is 11.2 Å². The van der Waals surface area contributed by atoms with E-state index < -0.39 is 26.2 Å². The molecule has 1 aromatic rings. The minimum absolute atomic E-state index is 0.0673. The third-order valence-electron chi connectivity index (χ3n) is 4.60. The van der Waals surface area contributed by atoms with Crippen LogP contribution in [0.15, 0.2) is 20.7 Å². The van der Waals surface area contributed by atoms with Crippen molar-refractivity contribution in [2.75, 3.05) is 53.0 Å². The van der Waals surface area contributed by atoms with Gasteiger partial charge in [0, 0.05) is 59.0 Å². The quantitative estimate of drug-likeness (QED) is 0.561. The fraction of sp³-hybridized carbons (Fsp3) is 0.750. The van der Waals surface area contributed by atoms with Crippen molar-refractivity contribution >= 4 is 10.0 Å². The molecule has 0 bridgehead atoms. The summed E-state index contributed by atoms with van der Waals surface area (Å²) in [7, 11) is 0.509. The van der Waals surface area contributed by atoms with Gasteiger partial charge in [-0.1, -0.05) is 0 Å². The summed E-state index contributed by atoms with van der Waals surface area (Å²) in [6, 6.07) is 0. The molecule has 0 aromatic carbocycles. The molecule has 1 fully saturated rings. The summed E-state index contributed by atoms with van der Waals surface area (Å²) in [6.45, 7) is 2.42. The zero-order valence-corrected chi connectivity index (χ0v) is 16.8. The maximum atomic E-state index is 13.1. The van der Waals surface area contributed by atoms with Crippen molar-refractivity contribution in [1.82, 2.24) is 18.3 Å². The van der Waals surface area contributed by atoms with Crippen LogP contribution in [0, 0.1) is 5.92 Å². The minimum Gasteiger partial charge on any atom is -0.396 e. The molecule has 27 heavy (non-hydrogen) atoms. The summed E-state index contributed by atoms with van der Waals surface area (Å²) in [5.74, 6) is -0.0673. The Morgan fingerprint density at radius 1 is 1.33 bits per heavy atom. The van der Waals surface area contributed by atoms with Crippen LogP contribution in [0.4, 0.5) is 0 Å². The summed E-state index contributed by atoms with van der Waals surface area (Å²) in [6.07, 6.45) is 1.72. The van der Waals surface area contributed by atoms with E-state index >= 15 is 0 Å². The fourth-order valence-electron chi connectivity index (χ4n) is 3.14. The molecule has 2 rings (SSSR count). The fourth-order valence-corrected chi connectivity index (χ4v) is 4.79. The van der Waals surface area contributed by atoms with Crippen molar-refractivity contribution in [2.45, 2.75) is 11.3 Å². The maximum absolute atomic E-state index is 13.1. The predicted molar refractivity (Wildman–Crippen MR) is 99.2 cm³/mol. The summed E-state index contributed by atoms with van der Waals surface area (Å²) in [4.78, 5) is 25.8. The molecule has 0 amide bonds. The molecule has 0 aliphatic carbocycles. The van der Waals surface area contributed by atoms with E-state index in [-0.39, 0.29) is 32.2 Å². The first-order chi connectivity index (χ1) is 12.7. The van der Waals surface area contributed by atoms with Gasteiger partial charge in [-0.05, 0) is 13.5 Å². The van der Waals surface area contributed by atoms with Crippen molar-refractivity contribution in [3.63, 3.8) is 0 Å². The van der Waals surface area contributed by atoms with Crippen LogP contribution in [0.25, 0.3) is 0 Å². The highest BCUT2D eigenvalue weighted by molar-refractivity contribution is 7.89. The summed E-state index contributed by atoms with van der Waals surface area (Å²) < 4.78 is 34.8. The molecule has 1 unspecified atom stereocenters. The zero-order valence-electron chi connectivity index (χ0n) is 16.0. The summed E-state index contributed by atoms with van der Waals surface area (Å²) in [5, 5.41) is 8.94. The lowest BCUT2D eigenvalue weighted by Crippen LogP contribution is -2.44. The van der Waals surface area contributed by atoms with Crippen molar-refractivity contribution in [3.05, 3.63) is 27.0 Å². The molecule has 1 aliphatic heterocycles. The van der Waals surface area contributed by atoms with Crippen molar-refractivity contribution in [2.24, 2.45) is 20.0 Å². The predicted octanol–water partition coefficient (Wildman–Crippen LogP) is -1.96. The lowest BCUT2D eigenvalue weighted by atomic mass is 10.1. The number of rotatable bonds is 7. The molecular weight excluding hydrogens is 376 g/mol. The standard InChI is InChI=1S/C16H28N4O6S/c1-17(5-4-7-21)9-13-10-20(6-8-26-12-13)27(24,25)14-11-18(2)16(23)19(3)15(14)22/h11,13,21H,4-10,12H2,1-3H3. The number of aryl methyl sites for hydroxylation is 1. The molecule has 1 N–H and O–H groups in total. The second kappa shape index (κ2) is 9.11. The normalized spacial score (nSPS) is 19.4. The molecule has 1 aliphatic rings. The minimum atomic E-state index is -4.06. The molecule has 1 aromatic heterocycles. The molecule has 0 saturated carbocycles. The van der Waals surface area contributed by atoms with E-state index in [1.807, 2.05) is 11.9 Å². The Bertz CT molecular complexity index is 863. The van der Waals surface area contributed by atoms with E-state index in [4.69, 9.17) is 9.84 Å². The number of nitrogens with zero attached hydrogens (tertiary/aromatic N) is 4. The zero-order chi connectivity index (χ0) is 20.2. The maximum Gasteiger partial charge on any atom is 0.330 e. The largest absolute Gasteiger partial charge is 0.396 e. The molecule has 0 radical (unpaired) electrons. The second-order valence-corrected chi connectivity index (χ2v) is 8.80. The molecule has 154 valence electrons. The van der Waals surface area contributed by atoms with Crippen molar-refractivity contribution in [1.29, 1.82) is 0 Å². The first kappa shape index (κ1) is 21.8. The molecule has 10 nitrogen and oxygen atoms in total. The monoisotopic (exact) mass is 404 g/mol. The van der Waals surface area contributed by atoms with E-state index in [1.165, 1.54) is 18.4 Å². The third-order valence-corrected chi connectivity index (χ3v) is 6.45. The van der Waals surface area contributed by atoms with Gasteiger partial charge >= 0.3 is 5.69 Å². The van der Waals surface area contributed by atoms with Crippen LogP contribution in [-0.2, 0) is 28.9 Å². The van der Waals surface area contributed by atoms with Crippen LogP contribution in [0.2, 0.25) is 0 Å². The Hall–Kier alpha value is -1.53. The number of aromatic nitrogens is 2. The lowest BCUT2D eigenvalue weighted by Gasteiger charge is -2.26. The van der Waals surface area contributed by atoms with E-state index in [1.54, 1.807) is 0 Å². The topological polar surface area (TPSA) is 114 Å². The highest BCUT2D eigenvalue weighted by atomic mass is 32.2. The van der Waals surface area contributed by atoms with Gasteiger partial charge in [0.25, 0.3) is 5.56 Å². The number of hydrogen-bond acceptors (Lipinski definition) is 7. The van der Waals surface area contributed by atoms with Crippen molar-refractivity contribution < 1.29 is 18.3 Å². The van der Waals surface area contributed by atoms with E-state index in [2.05, 4.69) is 0 Å². The van der Waals surface area contributed by atoms with Gasteiger partial charge in [0.2, 0.25) is 10.0 Å². The molecule has 2 heterocycles. The van der Waals surface area contributed by atoms with Gasteiger partial charge < -0.3 is 19.3 Å². The molecule has 11 heteroatoms. The first-order valence-corrected chi connectivity index (χ1v) is 10.3. The summed E-state index contributed by atoms with van der Waals surface area (Å²) in [5.41, 5.74) is -1.42. The highest BCUT2D eigenvalue weighted by Crippen LogP contribution is 2.17. The van der Waals surface area contributed by atoms with Gasteiger partial charge in [-0.15, -0.1) is 0 Å². The number of ether oxygens (including phenoxy) is 1. The van der Waals surface area contributed by atoms with E-state index in [9.17, 15) is 18.0 Å². The average molecular weight is 404 g/mol. The molecular formula is C16H28N4O6S. The Kier molecular flexibility index (Phi) is 7.34. The summed E-state index contributed by atoms with van der Waals surface area (Å²) >= 11 is 0. The van der Waals surface area contributed by atoms with Crippen LogP contribution >= 0.6 is 0 Å². The molecule has 1 atom stereocenters. The van der Waals surface area contributed by atoms with Crippen molar-refractivity contribution in [3.8, 4) is 0 Å². The van der Waals surface area contributed by atoms with Gasteiger partial charge in [0.1, 0.15) is 0 Å². The Balaban J connectivity index is 2.27. The molecule has 1 saturated heterocycles. The van der Waals surface area contributed by atoms with Crippen LogP contribution in [-0.4, -0.2) is 84.9 Å². The SMILES string of the molecule is CN(CCCO)CC1COCCN(S(=O)(=O)c2cn(C)c(=O)n(C)c2=O)C1. The number of aliphatic hydroxyl groups excluding tert-OH is 1. The second-order valence-electron chi connectivity index (χ2n) is 6.89. The highest BCUT2D eigenvalue weighted by Gasteiger charge is 2.32. The van der Waals surface area contributed by atoms with E-state index in [0.717, 1.165) is 15.3 Å². The van der Waals surface area contributed by atoms with Gasteiger partial charge in [-0.2, -0.15) is 4.31 Å². The smallest absolute Gasteiger partial charge is 0.330 e. The number of hydrogen-bond donors (Lipinski definition) is 1. The van der Waals surface area contributed by atoms with E-state index in [0.29, 0.717) is 26.1 Å². The average Bonchev–Trinajstić information content (AvgIpc) is 2.87. The Morgan fingerprint density at radius 2 is 2.04 bits per heavy atom. The Labute approximate surface area is 158 Å². The number of sulfonamides is 1.